The van der Waals surface area contributed by atoms with E-state index in [1.54, 1.807) is 12.3 Å². The summed E-state index contributed by atoms with van der Waals surface area (Å²) in [6.07, 6.45) is 2.70. The summed E-state index contributed by atoms with van der Waals surface area (Å²) in [5.41, 5.74) is 1.00. The van der Waals surface area contributed by atoms with Crippen molar-refractivity contribution in [1.82, 2.24) is 9.97 Å². The van der Waals surface area contributed by atoms with Gasteiger partial charge in [0.2, 0.25) is 5.88 Å². The number of nitrogens with zero attached hydrogens (tertiary/aromatic N) is 2. The van der Waals surface area contributed by atoms with E-state index >= 15 is 0 Å². The van der Waals surface area contributed by atoms with E-state index in [0.717, 1.165) is 12.0 Å². The van der Waals surface area contributed by atoms with Crippen LogP contribution in [0.2, 0.25) is 0 Å². The van der Waals surface area contributed by atoms with Crippen LogP contribution in [-0.2, 0) is 0 Å². The van der Waals surface area contributed by atoms with Gasteiger partial charge in [-0.05, 0) is 6.42 Å². The smallest absolute Gasteiger partial charge is 0.216 e. The van der Waals surface area contributed by atoms with E-state index in [0.29, 0.717) is 18.3 Å². The van der Waals surface area contributed by atoms with Gasteiger partial charge in [0.15, 0.2) is 5.82 Å². The Hall–Kier alpha value is -1.90. The van der Waals surface area contributed by atoms with Crippen LogP contribution in [0.15, 0.2) is 42.6 Å². The second-order valence-corrected chi connectivity index (χ2v) is 3.43. The lowest BCUT2D eigenvalue weighted by atomic mass is 10.2. The van der Waals surface area contributed by atoms with E-state index in [9.17, 15) is 0 Å². The Kier molecular flexibility index (Phi) is 3.49. The molecule has 16 heavy (non-hydrogen) atoms. The summed E-state index contributed by atoms with van der Waals surface area (Å²) in [6, 6.07) is 11.7. The summed E-state index contributed by atoms with van der Waals surface area (Å²) in [4.78, 5) is 8.57. The Morgan fingerprint density at radius 2 is 1.94 bits per heavy atom. The molecular formula is C13H14N2O. The maximum atomic E-state index is 5.47. The number of benzene rings is 1. The lowest BCUT2D eigenvalue weighted by Crippen LogP contribution is -1.98. The molecule has 0 radical (unpaired) electrons. The van der Waals surface area contributed by atoms with Gasteiger partial charge in [-0.1, -0.05) is 37.3 Å². The summed E-state index contributed by atoms with van der Waals surface area (Å²) in [6.45, 7) is 2.75. The second-order valence-electron chi connectivity index (χ2n) is 3.43. The average Bonchev–Trinajstić information content (AvgIpc) is 2.38. The molecule has 1 heterocycles. The molecule has 3 heteroatoms. The molecule has 0 aliphatic carbocycles. The third-order valence-electron chi connectivity index (χ3n) is 2.12. The van der Waals surface area contributed by atoms with Crippen molar-refractivity contribution in [1.29, 1.82) is 0 Å². The molecule has 1 aromatic heterocycles. The molecule has 0 spiro atoms. The summed E-state index contributed by atoms with van der Waals surface area (Å²) in [5.74, 6) is 1.34. The molecule has 0 saturated carbocycles. The van der Waals surface area contributed by atoms with Gasteiger partial charge < -0.3 is 4.74 Å². The highest BCUT2D eigenvalue weighted by atomic mass is 16.5. The minimum atomic E-state index is 0.635. The molecule has 0 amide bonds. The first kappa shape index (κ1) is 10.6. The Morgan fingerprint density at radius 1 is 1.12 bits per heavy atom. The number of ether oxygens (including phenoxy) is 1. The topological polar surface area (TPSA) is 35.0 Å². The third-order valence-corrected chi connectivity index (χ3v) is 2.12. The quantitative estimate of drug-likeness (QED) is 0.784. The molecule has 0 N–H and O–H groups in total. The first-order chi connectivity index (χ1) is 7.90. The predicted octanol–water partition coefficient (Wildman–Crippen LogP) is 2.93. The normalized spacial score (nSPS) is 10.1. The molecule has 0 unspecified atom stereocenters. The minimum absolute atomic E-state index is 0.635. The van der Waals surface area contributed by atoms with Crippen LogP contribution in [0.5, 0.6) is 5.88 Å². The van der Waals surface area contributed by atoms with Gasteiger partial charge in [-0.15, -0.1) is 0 Å². The number of hydrogen-bond acceptors (Lipinski definition) is 3. The zero-order chi connectivity index (χ0) is 11.2. The lowest BCUT2D eigenvalue weighted by molar-refractivity contribution is 0.305. The fourth-order valence-electron chi connectivity index (χ4n) is 1.36. The first-order valence-electron chi connectivity index (χ1n) is 5.41. The molecule has 3 nitrogen and oxygen atoms in total. The van der Waals surface area contributed by atoms with Crippen LogP contribution < -0.4 is 4.74 Å². The van der Waals surface area contributed by atoms with Gasteiger partial charge in [-0.25, -0.2) is 4.98 Å². The maximum Gasteiger partial charge on any atom is 0.216 e. The first-order valence-corrected chi connectivity index (χ1v) is 5.41. The Bertz CT molecular complexity index is 443. The van der Waals surface area contributed by atoms with Gasteiger partial charge in [0, 0.05) is 17.8 Å². The van der Waals surface area contributed by atoms with Crippen LogP contribution in [0, 0.1) is 0 Å². The predicted molar refractivity (Wildman–Crippen MR) is 63.3 cm³/mol. The number of hydrogen-bond donors (Lipinski definition) is 0. The van der Waals surface area contributed by atoms with Crippen molar-refractivity contribution in [2.45, 2.75) is 13.3 Å². The van der Waals surface area contributed by atoms with Crippen molar-refractivity contribution < 1.29 is 4.74 Å². The van der Waals surface area contributed by atoms with Crippen molar-refractivity contribution in [3.63, 3.8) is 0 Å². The minimum Gasteiger partial charge on any atom is -0.478 e. The van der Waals surface area contributed by atoms with Crippen LogP contribution in [0.1, 0.15) is 13.3 Å². The van der Waals surface area contributed by atoms with Crippen molar-refractivity contribution in [2.24, 2.45) is 0 Å². The fraction of sp³-hybridized carbons (Fsp3) is 0.231. The summed E-state index contributed by atoms with van der Waals surface area (Å²) in [7, 11) is 0. The van der Waals surface area contributed by atoms with Gasteiger partial charge in [0.05, 0.1) is 6.61 Å². The molecule has 2 rings (SSSR count). The number of rotatable bonds is 4. The second kappa shape index (κ2) is 5.26. The van der Waals surface area contributed by atoms with Gasteiger partial charge in [0.25, 0.3) is 0 Å². The number of aromatic nitrogens is 2. The van der Waals surface area contributed by atoms with Gasteiger partial charge in [0.1, 0.15) is 0 Å². The van der Waals surface area contributed by atoms with Crippen LogP contribution in [0.4, 0.5) is 0 Å². The zero-order valence-corrected chi connectivity index (χ0v) is 9.26. The Labute approximate surface area is 95.1 Å². The molecule has 2 aromatic rings. The van der Waals surface area contributed by atoms with Crippen molar-refractivity contribution >= 4 is 0 Å². The molecule has 0 aliphatic heterocycles. The third kappa shape index (κ3) is 2.57. The van der Waals surface area contributed by atoms with E-state index in [2.05, 4.69) is 16.9 Å². The van der Waals surface area contributed by atoms with Crippen molar-refractivity contribution in [2.75, 3.05) is 6.61 Å². The standard InChI is InChI=1S/C13H14N2O/c1-2-10-16-12-8-9-14-13(15-12)11-6-4-3-5-7-11/h3-9H,2,10H2,1H3. The van der Waals surface area contributed by atoms with Crippen LogP contribution in [0.25, 0.3) is 11.4 Å². The maximum absolute atomic E-state index is 5.47. The molecule has 0 bridgehead atoms. The average molecular weight is 214 g/mol. The fourth-order valence-corrected chi connectivity index (χ4v) is 1.36. The molecule has 0 aliphatic rings. The zero-order valence-electron chi connectivity index (χ0n) is 9.26. The van der Waals surface area contributed by atoms with Crippen LogP contribution in [-0.4, -0.2) is 16.6 Å². The highest BCUT2D eigenvalue weighted by Crippen LogP contribution is 2.16. The van der Waals surface area contributed by atoms with E-state index in [-0.39, 0.29) is 0 Å². The van der Waals surface area contributed by atoms with Crippen LogP contribution >= 0.6 is 0 Å². The summed E-state index contributed by atoms with van der Waals surface area (Å²) in [5, 5.41) is 0. The van der Waals surface area contributed by atoms with Crippen molar-refractivity contribution in [3.05, 3.63) is 42.6 Å². The monoisotopic (exact) mass is 214 g/mol. The van der Waals surface area contributed by atoms with Crippen LogP contribution in [0.3, 0.4) is 0 Å². The molecule has 0 saturated heterocycles. The van der Waals surface area contributed by atoms with E-state index < -0.39 is 0 Å². The van der Waals surface area contributed by atoms with E-state index in [4.69, 9.17) is 4.74 Å². The highest BCUT2D eigenvalue weighted by Gasteiger charge is 2.01. The molecule has 1 aromatic carbocycles. The van der Waals surface area contributed by atoms with Gasteiger partial charge in [-0.2, -0.15) is 4.98 Å². The van der Waals surface area contributed by atoms with E-state index in [1.807, 2.05) is 30.3 Å². The Morgan fingerprint density at radius 3 is 2.69 bits per heavy atom. The van der Waals surface area contributed by atoms with Gasteiger partial charge >= 0.3 is 0 Å². The SMILES string of the molecule is CCCOc1ccnc(-c2ccccc2)n1. The Balaban J connectivity index is 2.22. The molecule has 82 valence electrons. The van der Waals surface area contributed by atoms with Gasteiger partial charge in [-0.3, -0.25) is 0 Å². The largest absolute Gasteiger partial charge is 0.478 e. The summed E-state index contributed by atoms with van der Waals surface area (Å²) >= 11 is 0. The summed E-state index contributed by atoms with van der Waals surface area (Å²) < 4.78 is 5.47. The van der Waals surface area contributed by atoms with E-state index in [1.165, 1.54) is 0 Å². The van der Waals surface area contributed by atoms with Crippen molar-refractivity contribution in [3.8, 4) is 17.3 Å². The highest BCUT2D eigenvalue weighted by molar-refractivity contribution is 5.54. The molecule has 0 atom stereocenters. The molecule has 0 fully saturated rings. The lowest BCUT2D eigenvalue weighted by Gasteiger charge is -2.04. The molecular weight excluding hydrogens is 200 g/mol.